The van der Waals surface area contributed by atoms with Gasteiger partial charge in [0.1, 0.15) is 11.2 Å². The van der Waals surface area contributed by atoms with Crippen molar-refractivity contribution in [2.75, 3.05) is 5.32 Å². The van der Waals surface area contributed by atoms with Gasteiger partial charge in [0, 0.05) is 22.5 Å². The SMILES string of the molecule is C/C=C/C=C\C=C/Nc1cc2c3c(c4ccccc4c2c2oc4c(-c5ccccc5)cccc4c12)CCC=C3. The van der Waals surface area contributed by atoms with Crippen LogP contribution in [0.25, 0.3) is 60.7 Å². The van der Waals surface area contributed by atoms with Gasteiger partial charge in [0.2, 0.25) is 0 Å². The Bertz CT molecular complexity index is 1980. The number of furan rings is 1. The number of benzene rings is 5. The maximum atomic E-state index is 6.94. The van der Waals surface area contributed by atoms with Crippen molar-refractivity contribution >= 4 is 55.2 Å². The van der Waals surface area contributed by atoms with E-state index in [0.717, 1.165) is 51.6 Å². The average Bonchev–Trinajstić information content (AvgIpc) is 3.39. The Morgan fingerprint density at radius 3 is 2.38 bits per heavy atom. The Morgan fingerprint density at radius 2 is 1.51 bits per heavy atom. The Kier molecular flexibility index (Phi) is 5.86. The number of allylic oxidation sites excluding steroid dienone is 6. The highest BCUT2D eigenvalue weighted by Gasteiger charge is 2.22. The van der Waals surface area contributed by atoms with E-state index in [4.69, 9.17) is 4.42 Å². The van der Waals surface area contributed by atoms with Crippen LogP contribution in [0.15, 0.2) is 126 Å². The molecule has 0 unspecified atom stereocenters. The Morgan fingerprint density at radius 1 is 0.718 bits per heavy atom. The van der Waals surface area contributed by atoms with Crippen molar-refractivity contribution in [3.05, 3.63) is 133 Å². The fourth-order valence-electron chi connectivity index (χ4n) is 6.01. The molecule has 0 saturated carbocycles. The Balaban J connectivity index is 1.60. The molecule has 188 valence electrons. The molecule has 1 N–H and O–H groups in total. The van der Waals surface area contributed by atoms with Crippen LogP contribution in [0.2, 0.25) is 0 Å². The van der Waals surface area contributed by atoms with Crippen LogP contribution in [0.1, 0.15) is 24.5 Å². The van der Waals surface area contributed by atoms with Gasteiger partial charge in [-0.05, 0) is 64.8 Å². The second-order valence-electron chi connectivity index (χ2n) is 9.99. The van der Waals surface area contributed by atoms with Gasteiger partial charge in [-0.25, -0.2) is 0 Å². The van der Waals surface area contributed by atoms with Crippen LogP contribution in [0, 0.1) is 0 Å². The van der Waals surface area contributed by atoms with Gasteiger partial charge in [0.15, 0.2) is 0 Å². The molecule has 0 fully saturated rings. The third kappa shape index (κ3) is 3.88. The molecule has 0 saturated heterocycles. The summed E-state index contributed by atoms with van der Waals surface area (Å²) >= 11 is 0. The van der Waals surface area contributed by atoms with Crippen LogP contribution in [0.4, 0.5) is 5.69 Å². The molecule has 1 heterocycles. The highest BCUT2D eigenvalue weighted by Crippen LogP contribution is 2.47. The monoisotopic (exact) mass is 503 g/mol. The molecule has 6 aromatic rings. The summed E-state index contributed by atoms with van der Waals surface area (Å²) in [7, 11) is 0. The van der Waals surface area contributed by atoms with E-state index in [1.807, 2.05) is 43.5 Å². The predicted molar refractivity (Wildman–Crippen MR) is 168 cm³/mol. The highest BCUT2D eigenvalue weighted by atomic mass is 16.3. The molecule has 2 heteroatoms. The van der Waals surface area contributed by atoms with Crippen LogP contribution in [0.5, 0.6) is 0 Å². The van der Waals surface area contributed by atoms with Crippen LogP contribution >= 0.6 is 0 Å². The van der Waals surface area contributed by atoms with E-state index in [1.54, 1.807) is 0 Å². The first-order valence-electron chi connectivity index (χ1n) is 13.6. The minimum atomic E-state index is 0.920. The maximum absolute atomic E-state index is 6.94. The normalized spacial score (nSPS) is 13.7. The lowest BCUT2D eigenvalue weighted by atomic mass is 9.86. The van der Waals surface area contributed by atoms with Crippen LogP contribution in [-0.2, 0) is 6.42 Å². The number of rotatable bonds is 5. The summed E-state index contributed by atoms with van der Waals surface area (Å²) < 4.78 is 6.94. The van der Waals surface area contributed by atoms with Gasteiger partial charge in [-0.15, -0.1) is 0 Å². The summed E-state index contributed by atoms with van der Waals surface area (Å²) in [5.41, 5.74) is 7.90. The van der Waals surface area contributed by atoms with Crippen LogP contribution in [-0.4, -0.2) is 0 Å². The highest BCUT2D eigenvalue weighted by molar-refractivity contribution is 6.29. The van der Waals surface area contributed by atoms with E-state index in [2.05, 4.69) is 96.3 Å². The average molecular weight is 504 g/mol. The van der Waals surface area contributed by atoms with Crippen molar-refractivity contribution in [1.29, 1.82) is 0 Å². The molecule has 0 radical (unpaired) electrons. The molecule has 0 bridgehead atoms. The molecular formula is C37H29NO. The molecule has 5 aromatic carbocycles. The molecule has 0 amide bonds. The maximum Gasteiger partial charge on any atom is 0.146 e. The van der Waals surface area contributed by atoms with E-state index in [-0.39, 0.29) is 0 Å². The molecular weight excluding hydrogens is 474 g/mol. The first kappa shape index (κ1) is 23.3. The standard InChI is InChI=1S/C37H29NO/c1-2-3-4-5-13-23-38-33-24-32-29-19-10-9-17-27(29)28-18-11-12-20-30(28)34(32)37-35(33)31-22-14-21-26(36(31)39-37)25-15-7-6-8-16-25/h2-8,10-16,18-24,38H,9,17H2,1H3/b3-2+,5-4-,23-13-. The summed E-state index contributed by atoms with van der Waals surface area (Å²) in [5, 5.41) is 10.8. The minimum absolute atomic E-state index is 0.920. The molecule has 0 spiro atoms. The second kappa shape index (κ2) is 9.81. The predicted octanol–water partition coefficient (Wildman–Crippen LogP) is 10.6. The summed E-state index contributed by atoms with van der Waals surface area (Å²) in [6.07, 6.45) is 18.9. The van der Waals surface area contributed by atoms with Gasteiger partial charge in [-0.3, -0.25) is 0 Å². The van der Waals surface area contributed by atoms with Gasteiger partial charge in [0.05, 0.1) is 11.1 Å². The van der Waals surface area contributed by atoms with Crippen molar-refractivity contribution in [3.8, 4) is 11.1 Å². The summed E-state index contributed by atoms with van der Waals surface area (Å²) in [6, 6.07) is 28.1. The number of hydrogen-bond donors (Lipinski definition) is 1. The zero-order valence-electron chi connectivity index (χ0n) is 21.9. The summed E-state index contributed by atoms with van der Waals surface area (Å²) in [6.45, 7) is 2.02. The van der Waals surface area contributed by atoms with Gasteiger partial charge in [0.25, 0.3) is 0 Å². The van der Waals surface area contributed by atoms with Crippen molar-refractivity contribution < 1.29 is 4.42 Å². The quantitative estimate of drug-likeness (QED) is 0.187. The van der Waals surface area contributed by atoms with Crippen molar-refractivity contribution in [1.82, 2.24) is 0 Å². The Hall–Kier alpha value is -4.82. The molecule has 1 aliphatic carbocycles. The molecule has 0 atom stereocenters. The van der Waals surface area contributed by atoms with E-state index in [9.17, 15) is 0 Å². The van der Waals surface area contributed by atoms with Gasteiger partial charge >= 0.3 is 0 Å². The Labute approximate surface area is 228 Å². The number of fused-ring (bicyclic) bond motifs is 10. The number of para-hydroxylation sites is 1. The van der Waals surface area contributed by atoms with E-state index < -0.39 is 0 Å². The molecule has 1 aromatic heterocycles. The molecule has 0 aliphatic heterocycles. The molecule has 7 rings (SSSR count). The van der Waals surface area contributed by atoms with Crippen LogP contribution in [0.3, 0.4) is 0 Å². The summed E-state index contributed by atoms with van der Waals surface area (Å²) in [4.78, 5) is 0. The van der Waals surface area contributed by atoms with E-state index in [1.165, 1.54) is 32.7 Å². The number of aryl methyl sites for hydroxylation is 1. The number of hydrogen-bond acceptors (Lipinski definition) is 2. The summed E-state index contributed by atoms with van der Waals surface area (Å²) in [5.74, 6) is 0. The molecule has 2 nitrogen and oxygen atoms in total. The largest absolute Gasteiger partial charge is 0.455 e. The lowest BCUT2D eigenvalue weighted by Crippen LogP contribution is -1.99. The van der Waals surface area contributed by atoms with Gasteiger partial charge in [-0.2, -0.15) is 0 Å². The second-order valence-corrected chi connectivity index (χ2v) is 9.99. The van der Waals surface area contributed by atoms with Crippen molar-refractivity contribution in [3.63, 3.8) is 0 Å². The van der Waals surface area contributed by atoms with E-state index >= 15 is 0 Å². The molecule has 39 heavy (non-hydrogen) atoms. The zero-order chi connectivity index (χ0) is 26.2. The topological polar surface area (TPSA) is 25.2 Å². The first-order valence-corrected chi connectivity index (χ1v) is 13.6. The number of nitrogens with one attached hydrogen (secondary N) is 1. The van der Waals surface area contributed by atoms with E-state index in [0.29, 0.717) is 0 Å². The lowest BCUT2D eigenvalue weighted by Gasteiger charge is -2.19. The van der Waals surface area contributed by atoms with Gasteiger partial charge in [-0.1, -0.05) is 109 Å². The lowest BCUT2D eigenvalue weighted by molar-refractivity contribution is 0.674. The number of anilines is 1. The zero-order valence-corrected chi connectivity index (χ0v) is 21.9. The van der Waals surface area contributed by atoms with Crippen molar-refractivity contribution in [2.24, 2.45) is 0 Å². The smallest absolute Gasteiger partial charge is 0.146 e. The van der Waals surface area contributed by atoms with Crippen LogP contribution < -0.4 is 5.32 Å². The third-order valence-corrected chi connectivity index (χ3v) is 7.70. The fourth-order valence-corrected chi connectivity index (χ4v) is 6.01. The minimum Gasteiger partial charge on any atom is -0.455 e. The molecule has 1 aliphatic rings. The van der Waals surface area contributed by atoms with Gasteiger partial charge < -0.3 is 9.73 Å². The van der Waals surface area contributed by atoms with Crippen molar-refractivity contribution in [2.45, 2.75) is 19.8 Å². The third-order valence-electron chi connectivity index (χ3n) is 7.70. The first-order chi connectivity index (χ1) is 19.3. The fraction of sp³-hybridized carbons (Fsp3) is 0.0811.